The maximum atomic E-state index is 11.7. The van der Waals surface area contributed by atoms with Crippen LogP contribution in [0.2, 0.25) is 0 Å². The van der Waals surface area contributed by atoms with E-state index in [4.69, 9.17) is 10.5 Å². The molecule has 0 radical (unpaired) electrons. The van der Waals surface area contributed by atoms with Crippen LogP contribution in [0.25, 0.3) is 21.8 Å². The molecule has 11 nitrogen and oxygen atoms in total. The van der Waals surface area contributed by atoms with Crippen LogP contribution in [-0.2, 0) is 6.54 Å². The number of aliphatic hydroxyl groups is 1. The van der Waals surface area contributed by atoms with E-state index in [0.717, 1.165) is 0 Å². The number of nitro benzene ring substituents is 1. The molecule has 0 atom stereocenters. The normalized spacial score (nSPS) is 11.1. The van der Waals surface area contributed by atoms with Gasteiger partial charge in [-0.3, -0.25) is 19.6 Å². The Balaban J connectivity index is 1.86. The lowest BCUT2D eigenvalue weighted by Crippen LogP contribution is -2.13. The smallest absolute Gasteiger partial charge is 0.322 e. The molecular formula is C18H14N6O5. The fraction of sp³-hybridized carbons (Fsp3) is 0.111. The van der Waals surface area contributed by atoms with Crippen molar-refractivity contribution >= 4 is 33.4 Å². The van der Waals surface area contributed by atoms with Gasteiger partial charge in [-0.05, 0) is 12.1 Å². The predicted molar refractivity (Wildman–Crippen MR) is 102 cm³/mol. The summed E-state index contributed by atoms with van der Waals surface area (Å²) in [5.74, 6) is -0.499. The lowest BCUT2D eigenvalue weighted by molar-refractivity contribution is -0.384. The maximum Gasteiger partial charge on any atom is 0.322 e. The first-order valence-corrected chi connectivity index (χ1v) is 8.47. The zero-order valence-corrected chi connectivity index (χ0v) is 14.8. The number of non-ortho nitro benzene ring substituents is 1. The molecule has 0 saturated heterocycles. The second-order valence-electron chi connectivity index (χ2n) is 6.07. The molecule has 0 spiro atoms. The van der Waals surface area contributed by atoms with Gasteiger partial charge in [-0.15, -0.1) is 0 Å². The summed E-state index contributed by atoms with van der Waals surface area (Å²) in [7, 11) is 0. The lowest BCUT2D eigenvalue weighted by Gasteiger charge is -2.07. The van der Waals surface area contributed by atoms with Gasteiger partial charge >= 0.3 is 6.01 Å². The van der Waals surface area contributed by atoms with E-state index in [1.807, 2.05) is 0 Å². The van der Waals surface area contributed by atoms with Crippen molar-refractivity contribution in [1.29, 1.82) is 0 Å². The van der Waals surface area contributed by atoms with Gasteiger partial charge in [0.05, 0.1) is 29.7 Å². The molecule has 0 unspecified atom stereocenters. The van der Waals surface area contributed by atoms with Crippen LogP contribution >= 0.6 is 0 Å². The molecule has 0 bridgehead atoms. The first kappa shape index (κ1) is 18.3. The summed E-state index contributed by atoms with van der Waals surface area (Å²) in [6, 6.07) is 8.99. The average Bonchev–Trinajstić information content (AvgIpc) is 3.08. The largest absolute Gasteiger partial charge is 0.424 e. The number of hydrogen-bond donors (Lipinski definition) is 2. The van der Waals surface area contributed by atoms with Gasteiger partial charge in [0.15, 0.2) is 5.69 Å². The van der Waals surface area contributed by atoms with Gasteiger partial charge in [0.2, 0.25) is 0 Å². The molecule has 3 N–H and O–H groups in total. The molecule has 29 heavy (non-hydrogen) atoms. The second kappa shape index (κ2) is 7.13. The zero-order valence-electron chi connectivity index (χ0n) is 14.8. The minimum atomic E-state index is -0.701. The molecule has 146 valence electrons. The topological polar surface area (TPSA) is 159 Å². The van der Waals surface area contributed by atoms with Gasteiger partial charge in [-0.1, -0.05) is 12.1 Å². The summed E-state index contributed by atoms with van der Waals surface area (Å²) in [5, 5.41) is 25.6. The molecule has 4 rings (SSSR count). The SMILES string of the molecule is NC(=O)c1nn(CCO)c2c1ccc1cnc(Oc3cccc([N+](=O)[O-])c3)nc12. The molecule has 0 aliphatic carbocycles. The van der Waals surface area contributed by atoms with Gasteiger partial charge in [0, 0.05) is 23.0 Å². The summed E-state index contributed by atoms with van der Waals surface area (Å²) in [5.41, 5.74) is 6.29. The van der Waals surface area contributed by atoms with Gasteiger partial charge in [-0.25, -0.2) is 4.98 Å². The van der Waals surface area contributed by atoms with Crippen LogP contribution < -0.4 is 10.5 Å². The third-order valence-corrected chi connectivity index (χ3v) is 4.22. The molecule has 0 fully saturated rings. The maximum absolute atomic E-state index is 11.7. The van der Waals surface area contributed by atoms with Crippen molar-refractivity contribution in [3.63, 3.8) is 0 Å². The molecular weight excluding hydrogens is 380 g/mol. The number of fused-ring (bicyclic) bond motifs is 3. The summed E-state index contributed by atoms with van der Waals surface area (Å²) in [6.45, 7) is -0.0680. The molecule has 2 aromatic heterocycles. The van der Waals surface area contributed by atoms with E-state index < -0.39 is 10.8 Å². The van der Waals surface area contributed by atoms with Crippen LogP contribution in [0.4, 0.5) is 5.69 Å². The van der Waals surface area contributed by atoms with E-state index in [0.29, 0.717) is 21.8 Å². The van der Waals surface area contributed by atoms with Crippen LogP contribution in [0.3, 0.4) is 0 Å². The Morgan fingerprint density at radius 2 is 2.14 bits per heavy atom. The highest BCUT2D eigenvalue weighted by atomic mass is 16.6. The standard InChI is InChI=1S/C18H14N6O5/c19-17(26)15-13-5-4-10-9-20-18(21-14(10)16(13)23(22-15)6-7-25)29-12-3-1-2-11(8-12)24(27)28/h1-5,8-9,25H,6-7H2,(H2,19,26). The number of aromatic nitrogens is 4. The zero-order chi connectivity index (χ0) is 20.5. The highest BCUT2D eigenvalue weighted by Crippen LogP contribution is 2.29. The highest BCUT2D eigenvalue weighted by molar-refractivity contribution is 6.11. The quantitative estimate of drug-likeness (QED) is 0.370. The van der Waals surface area contributed by atoms with E-state index in [2.05, 4.69) is 15.1 Å². The molecule has 2 aromatic carbocycles. The number of ether oxygens (including phenoxy) is 1. The fourth-order valence-corrected chi connectivity index (χ4v) is 3.00. The van der Waals surface area contributed by atoms with E-state index in [-0.39, 0.29) is 36.3 Å². The van der Waals surface area contributed by atoms with Crippen LogP contribution in [0.5, 0.6) is 11.8 Å². The van der Waals surface area contributed by atoms with E-state index in [1.165, 1.54) is 29.1 Å². The van der Waals surface area contributed by atoms with Crippen LogP contribution in [0.15, 0.2) is 42.6 Å². The lowest BCUT2D eigenvalue weighted by atomic mass is 10.1. The van der Waals surface area contributed by atoms with Gasteiger partial charge in [0.1, 0.15) is 11.3 Å². The fourth-order valence-electron chi connectivity index (χ4n) is 3.00. The Morgan fingerprint density at radius 3 is 2.86 bits per heavy atom. The first-order chi connectivity index (χ1) is 14.0. The van der Waals surface area contributed by atoms with Crippen LogP contribution in [-0.4, -0.2) is 42.3 Å². The number of amides is 1. The van der Waals surface area contributed by atoms with E-state index in [1.54, 1.807) is 18.2 Å². The number of nitrogens with zero attached hydrogens (tertiary/aromatic N) is 5. The third kappa shape index (κ3) is 3.30. The number of nitrogens with two attached hydrogens (primary N) is 1. The Hall–Kier alpha value is -4.12. The van der Waals surface area contributed by atoms with E-state index >= 15 is 0 Å². The molecule has 0 saturated carbocycles. The number of primary amides is 1. The van der Waals surface area contributed by atoms with Crippen molar-refractivity contribution in [2.24, 2.45) is 5.73 Å². The Bertz CT molecular complexity index is 1270. The number of rotatable bonds is 6. The van der Waals surface area contributed by atoms with Gasteiger partial charge in [0.25, 0.3) is 11.6 Å². The molecule has 0 aliphatic rings. The molecule has 2 heterocycles. The van der Waals surface area contributed by atoms with Crippen LogP contribution in [0, 0.1) is 10.1 Å². The molecule has 4 aromatic rings. The molecule has 0 aliphatic heterocycles. The van der Waals surface area contributed by atoms with Crippen molar-refractivity contribution in [1.82, 2.24) is 19.7 Å². The molecule has 11 heteroatoms. The second-order valence-corrected chi connectivity index (χ2v) is 6.07. The van der Waals surface area contributed by atoms with Gasteiger partial charge < -0.3 is 15.6 Å². The number of nitro groups is 1. The van der Waals surface area contributed by atoms with Crippen molar-refractivity contribution in [2.75, 3.05) is 6.61 Å². The summed E-state index contributed by atoms with van der Waals surface area (Å²) in [6.07, 6.45) is 1.52. The minimum absolute atomic E-state index is 0.0390. The Morgan fingerprint density at radius 1 is 1.31 bits per heavy atom. The predicted octanol–water partition coefficient (Wildman–Crippen LogP) is 1.77. The number of benzene rings is 2. The minimum Gasteiger partial charge on any atom is -0.424 e. The number of carbonyl (C=O) groups is 1. The first-order valence-electron chi connectivity index (χ1n) is 8.47. The highest BCUT2D eigenvalue weighted by Gasteiger charge is 2.18. The number of aliphatic hydroxyl groups excluding tert-OH is 1. The Labute approximate surface area is 162 Å². The Kier molecular flexibility index (Phi) is 4.49. The summed E-state index contributed by atoms with van der Waals surface area (Å²) >= 11 is 0. The van der Waals surface area contributed by atoms with E-state index in [9.17, 15) is 20.0 Å². The summed E-state index contributed by atoms with van der Waals surface area (Å²) in [4.78, 5) is 30.7. The van der Waals surface area contributed by atoms with Crippen LogP contribution in [0.1, 0.15) is 10.5 Å². The van der Waals surface area contributed by atoms with Gasteiger partial charge in [-0.2, -0.15) is 10.1 Å². The van der Waals surface area contributed by atoms with Crippen molar-refractivity contribution in [3.8, 4) is 11.8 Å². The third-order valence-electron chi connectivity index (χ3n) is 4.22. The monoisotopic (exact) mass is 394 g/mol. The summed E-state index contributed by atoms with van der Waals surface area (Å²) < 4.78 is 7.03. The number of hydrogen-bond acceptors (Lipinski definition) is 8. The van der Waals surface area contributed by atoms with Crippen molar-refractivity contribution < 1.29 is 19.6 Å². The van der Waals surface area contributed by atoms with Crippen molar-refractivity contribution in [2.45, 2.75) is 6.54 Å². The average molecular weight is 394 g/mol. The molecule has 1 amide bonds. The number of carbonyl (C=O) groups excluding carboxylic acids is 1. The van der Waals surface area contributed by atoms with Crippen molar-refractivity contribution in [3.05, 3.63) is 58.4 Å².